The number of hydrogen-bond donors (Lipinski definition) is 1. The second kappa shape index (κ2) is 5.75. The van der Waals surface area contributed by atoms with Crippen LogP contribution in [0.3, 0.4) is 0 Å². The maximum Gasteiger partial charge on any atom is 0.338 e. The van der Waals surface area contributed by atoms with Crippen LogP contribution in [0.2, 0.25) is 0 Å². The van der Waals surface area contributed by atoms with Crippen molar-refractivity contribution in [2.45, 2.75) is 31.7 Å². The summed E-state index contributed by atoms with van der Waals surface area (Å²) in [5.74, 6) is -0.335. The first-order chi connectivity index (χ1) is 9.74. The normalized spacial score (nSPS) is 24.0. The molecule has 0 spiro atoms. The van der Waals surface area contributed by atoms with Crippen molar-refractivity contribution in [2.75, 3.05) is 31.1 Å². The molecule has 0 aliphatic carbocycles. The van der Waals surface area contributed by atoms with Gasteiger partial charge in [-0.1, -0.05) is 6.42 Å². The third kappa shape index (κ3) is 2.75. The highest BCUT2D eigenvalue weighted by atomic mass is 16.4. The number of carboxylic acids is 1. The Hall–Kier alpha value is -1.69. The average Bonchev–Trinajstić information content (AvgIpc) is 2.98. The molecule has 20 heavy (non-hydrogen) atoms. The molecule has 0 saturated carbocycles. The van der Waals surface area contributed by atoms with E-state index in [9.17, 15) is 4.79 Å². The molecule has 6 nitrogen and oxygen atoms in total. The van der Waals surface area contributed by atoms with Gasteiger partial charge < -0.3 is 10.0 Å². The van der Waals surface area contributed by atoms with Crippen molar-refractivity contribution in [3.05, 3.63) is 18.0 Å². The molecule has 0 aromatic carbocycles. The molecule has 3 rings (SSSR count). The summed E-state index contributed by atoms with van der Waals surface area (Å²) in [6, 6.07) is 0.595. The lowest BCUT2D eigenvalue weighted by Crippen LogP contribution is -2.41. The van der Waals surface area contributed by atoms with Crippen LogP contribution in [0.15, 0.2) is 12.4 Å². The Morgan fingerprint density at radius 2 is 1.85 bits per heavy atom. The van der Waals surface area contributed by atoms with Crippen LogP contribution < -0.4 is 4.90 Å². The second-order valence-electron chi connectivity index (χ2n) is 5.56. The lowest BCUT2D eigenvalue weighted by molar-refractivity contribution is 0.0696. The Morgan fingerprint density at radius 1 is 1.15 bits per heavy atom. The number of nitrogens with zero attached hydrogens (tertiary/aromatic N) is 4. The van der Waals surface area contributed by atoms with E-state index in [0.717, 1.165) is 19.5 Å². The van der Waals surface area contributed by atoms with Gasteiger partial charge in [-0.15, -0.1) is 0 Å². The van der Waals surface area contributed by atoms with E-state index >= 15 is 0 Å². The first-order valence-electron chi connectivity index (χ1n) is 7.28. The van der Waals surface area contributed by atoms with E-state index in [1.807, 2.05) is 0 Å². The Morgan fingerprint density at radius 3 is 2.50 bits per heavy atom. The zero-order valence-electron chi connectivity index (χ0n) is 11.5. The fourth-order valence-corrected chi connectivity index (χ4v) is 3.10. The summed E-state index contributed by atoms with van der Waals surface area (Å²) in [5, 5.41) is 8.85. The maximum absolute atomic E-state index is 10.8. The number of aromatic carboxylic acids is 1. The van der Waals surface area contributed by atoms with E-state index in [2.05, 4.69) is 19.8 Å². The summed E-state index contributed by atoms with van der Waals surface area (Å²) in [5.41, 5.74) is 0.139. The molecular formula is C14H20N4O2. The SMILES string of the molecule is O=C(O)c1cnc(N2CCC(N3CCCCC3)C2)nc1. The van der Waals surface area contributed by atoms with Crippen molar-refractivity contribution in [2.24, 2.45) is 0 Å². The molecule has 1 aromatic rings. The molecule has 0 amide bonds. The van der Waals surface area contributed by atoms with Gasteiger partial charge in [0.25, 0.3) is 0 Å². The van der Waals surface area contributed by atoms with E-state index in [4.69, 9.17) is 5.11 Å². The Kier molecular flexibility index (Phi) is 3.82. The second-order valence-corrected chi connectivity index (χ2v) is 5.56. The summed E-state index contributed by atoms with van der Waals surface area (Å²) < 4.78 is 0. The largest absolute Gasteiger partial charge is 0.478 e. The molecule has 1 unspecified atom stereocenters. The minimum absolute atomic E-state index is 0.139. The number of piperidine rings is 1. The fraction of sp³-hybridized carbons (Fsp3) is 0.643. The van der Waals surface area contributed by atoms with Crippen molar-refractivity contribution in [3.8, 4) is 0 Å². The average molecular weight is 276 g/mol. The van der Waals surface area contributed by atoms with Crippen LogP contribution in [0.25, 0.3) is 0 Å². The predicted octanol–water partition coefficient (Wildman–Crippen LogP) is 1.24. The molecule has 2 aliphatic heterocycles. The quantitative estimate of drug-likeness (QED) is 0.895. The van der Waals surface area contributed by atoms with Crippen molar-refractivity contribution < 1.29 is 9.90 Å². The van der Waals surface area contributed by atoms with E-state index in [-0.39, 0.29) is 5.56 Å². The molecular weight excluding hydrogens is 256 g/mol. The third-order valence-electron chi connectivity index (χ3n) is 4.24. The van der Waals surface area contributed by atoms with E-state index < -0.39 is 5.97 Å². The molecule has 108 valence electrons. The Balaban J connectivity index is 1.62. The molecule has 2 fully saturated rings. The van der Waals surface area contributed by atoms with Gasteiger partial charge >= 0.3 is 5.97 Å². The van der Waals surface area contributed by atoms with Gasteiger partial charge in [-0.3, -0.25) is 4.90 Å². The molecule has 1 aromatic heterocycles. The van der Waals surface area contributed by atoms with Gasteiger partial charge in [0, 0.05) is 31.5 Å². The minimum atomic E-state index is -0.982. The Bertz CT molecular complexity index is 471. The molecule has 1 atom stereocenters. The molecule has 3 heterocycles. The molecule has 2 saturated heterocycles. The number of anilines is 1. The fourth-order valence-electron chi connectivity index (χ4n) is 3.10. The van der Waals surface area contributed by atoms with Crippen LogP contribution >= 0.6 is 0 Å². The zero-order valence-corrected chi connectivity index (χ0v) is 11.5. The van der Waals surface area contributed by atoms with Gasteiger partial charge in [0.15, 0.2) is 0 Å². The first kappa shape index (κ1) is 13.3. The standard InChI is InChI=1S/C14H20N4O2/c19-13(20)11-8-15-14(16-9-11)18-7-4-12(10-18)17-5-2-1-3-6-17/h8-9,12H,1-7,10H2,(H,19,20). The summed E-state index contributed by atoms with van der Waals surface area (Å²) in [7, 11) is 0. The number of aromatic nitrogens is 2. The summed E-state index contributed by atoms with van der Waals surface area (Å²) in [6.45, 7) is 4.31. The smallest absolute Gasteiger partial charge is 0.338 e. The van der Waals surface area contributed by atoms with Gasteiger partial charge in [0.05, 0.1) is 5.56 Å². The van der Waals surface area contributed by atoms with Crippen molar-refractivity contribution in [1.29, 1.82) is 0 Å². The lowest BCUT2D eigenvalue weighted by atomic mass is 10.1. The van der Waals surface area contributed by atoms with Gasteiger partial charge in [-0.2, -0.15) is 0 Å². The predicted molar refractivity (Wildman–Crippen MR) is 75.0 cm³/mol. The highest BCUT2D eigenvalue weighted by molar-refractivity contribution is 5.86. The summed E-state index contributed by atoms with van der Waals surface area (Å²) in [6.07, 6.45) is 7.88. The van der Waals surface area contributed by atoms with Crippen LogP contribution in [0, 0.1) is 0 Å². The van der Waals surface area contributed by atoms with E-state index in [1.165, 1.54) is 44.7 Å². The van der Waals surface area contributed by atoms with E-state index in [1.54, 1.807) is 0 Å². The Labute approximate surface area is 118 Å². The number of carboxylic acid groups (broad SMARTS) is 1. The molecule has 0 radical (unpaired) electrons. The van der Waals surface area contributed by atoms with Crippen molar-refractivity contribution in [3.63, 3.8) is 0 Å². The van der Waals surface area contributed by atoms with Gasteiger partial charge in [0.1, 0.15) is 0 Å². The lowest BCUT2D eigenvalue weighted by Gasteiger charge is -2.32. The summed E-state index contributed by atoms with van der Waals surface area (Å²) >= 11 is 0. The molecule has 2 aliphatic rings. The first-order valence-corrected chi connectivity index (χ1v) is 7.28. The maximum atomic E-state index is 10.8. The van der Waals surface area contributed by atoms with Crippen LogP contribution in [0.4, 0.5) is 5.95 Å². The molecule has 6 heteroatoms. The monoisotopic (exact) mass is 276 g/mol. The van der Waals surface area contributed by atoms with Crippen LogP contribution in [0.1, 0.15) is 36.0 Å². The minimum Gasteiger partial charge on any atom is -0.478 e. The summed E-state index contributed by atoms with van der Waals surface area (Å²) in [4.78, 5) is 23.9. The van der Waals surface area contributed by atoms with E-state index in [0.29, 0.717) is 12.0 Å². The van der Waals surface area contributed by atoms with Crippen LogP contribution in [-0.4, -0.2) is 58.2 Å². The molecule has 1 N–H and O–H groups in total. The van der Waals surface area contributed by atoms with Crippen molar-refractivity contribution >= 4 is 11.9 Å². The number of rotatable bonds is 3. The number of hydrogen-bond acceptors (Lipinski definition) is 5. The van der Waals surface area contributed by atoms with Gasteiger partial charge in [-0.25, -0.2) is 14.8 Å². The van der Waals surface area contributed by atoms with Gasteiger partial charge in [0.2, 0.25) is 5.95 Å². The third-order valence-corrected chi connectivity index (χ3v) is 4.24. The van der Waals surface area contributed by atoms with Crippen LogP contribution in [0.5, 0.6) is 0 Å². The van der Waals surface area contributed by atoms with Crippen molar-refractivity contribution in [1.82, 2.24) is 14.9 Å². The highest BCUT2D eigenvalue weighted by Gasteiger charge is 2.29. The number of carbonyl (C=O) groups is 1. The topological polar surface area (TPSA) is 69.6 Å². The van der Waals surface area contributed by atoms with Crippen LogP contribution in [-0.2, 0) is 0 Å². The zero-order chi connectivity index (χ0) is 13.9. The highest BCUT2D eigenvalue weighted by Crippen LogP contribution is 2.22. The number of likely N-dealkylation sites (tertiary alicyclic amines) is 1. The molecule has 0 bridgehead atoms. The van der Waals surface area contributed by atoms with Gasteiger partial charge in [-0.05, 0) is 32.4 Å².